The largest absolute Gasteiger partial charge is 0.383 e. The molecule has 0 saturated heterocycles. The first kappa shape index (κ1) is 12.0. The Morgan fingerprint density at radius 3 is 2.89 bits per heavy atom. The number of aliphatic imine (C=N–C) groups is 1. The van der Waals surface area contributed by atoms with Gasteiger partial charge in [-0.2, -0.15) is 0 Å². The predicted molar refractivity (Wildman–Crippen MR) is 80.5 cm³/mol. The number of anilines is 2. The maximum atomic E-state index is 6.09. The Balaban J connectivity index is 2.24. The molecule has 1 aliphatic heterocycles. The van der Waals surface area contributed by atoms with Crippen LogP contribution < -0.4 is 10.6 Å². The Hall–Kier alpha value is -2.10. The quantitative estimate of drug-likeness (QED) is 0.896. The fourth-order valence-corrected chi connectivity index (χ4v) is 2.56. The molecular formula is C15H18N4. The van der Waals surface area contributed by atoms with Gasteiger partial charge in [0.15, 0.2) is 0 Å². The Kier molecular flexibility index (Phi) is 2.85. The molecule has 1 aromatic carbocycles. The van der Waals surface area contributed by atoms with Gasteiger partial charge < -0.3 is 10.6 Å². The number of aromatic nitrogens is 1. The molecule has 3 rings (SSSR count). The number of nitrogens with two attached hydrogens (primary N) is 1. The normalized spacial score (nSPS) is 14.2. The van der Waals surface area contributed by atoms with E-state index in [1.54, 1.807) is 0 Å². The van der Waals surface area contributed by atoms with Gasteiger partial charge in [0.2, 0.25) is 0 Å². The van der Waals surface area contributed by atoms with Crippen LogP contribution in [0.3, 0.4) is 0 Å². The van der Waals surface area contributed by atoms with E-state index >= 15 is 0 Å². The van der Waals surface area contributed by atoms with Gasteiger partial charge in [-0.1, -0.05) is 32.0 Å². The molecule has 4 nitrogen and oxygen atoms in total. The second-order valence-electron chi connectivity index (χ2n) is 5.34. The van der Waals surface area contributed by atoms with Crippen LogP contribution >= 0.6 is 0 Å². The third-order valence-corrected chi connectivity index (χ3v) is 3.31. The van der Waals surface area contributed by atoms with Crippen molar-refractivity contribution in [1.82, 2.24) is 4.98 Å². The maximum absolute atomic E-state index is 6.09. The molecule has 0 radical (unpaired) electrons. The van der Waals surface area contributed by atoms with Crippen LogP contribution in [0, 0.1) is 5.92 Å². The minimum Gasteiger partial charge on any atom is -0.383 e. The molecule has 0 spiro atoms. The van der Waals surface area contributed by atoms with Crippen LogP contribution in [0.1, 0.15) is 19.4 Å². The standard InChI is InChI=1S/C15H18N4/c1-10(2)8-19-9-17-7-12-14(19)11-5-3-4-6-13(11)18-15(12)16/h3-6,9-10H,7-8H2,1-2H3,(H2,16,18). The van der Waals surface area contributed by atoms with Crippen LogP contribution in [0.5, 0.6) is 0 Å². The molecule has 0 amide bonds. The van der Waals surface area contributed by atoms with Gasteiger partial charge in [-0.3, -0.25) is 4.99 Å². The molecule has 0 saturated carbocycles. The lowest BCUT2D eigenvalue weighted by molar-refractivity contribution is 0.657. The number of nitrogen functional groups attached to an aromatic ring is 1. The molecule has 0 unspecified atom stereocenters. The number of para-hydroxylation sites is 1. The second-order valence-corrected chi connectivity index (χ2v) is 5.34. The minimum atomic E-state index is 0.561. The lowest BCUT2D eigenvalue weighted by Gasteiger charge is -2.29. The van der Waals surface area contributed by atoms with E-state index in [1.807, 2.05) is 24.5 Å². The zero-order valence-electron chi connectivity index (χ0n) is 11.3. The second kappa shape index (κ2) is 4.53. The maximum Gasteiger partial charge on any atom is 0.131 e. The van der Waals surface area contributed by atoms with Crippen LogP contribution in [0.15, 0.2) is 29.3 Å². The van der Waals surface area contributed by atoms with Gasteiger partial charge in [0, 0.05) is 17.5 Å². The van der Waals surface area contributed by atoms with Crippen LogP contribution in [0.2, 0.25) is 0 Å². The lowest BCUT2D eigenvalue weighted by atomic mass is 10.0. The Morgan fingerprint density at radius 2 is 2.11 bits per heavy atom. The summed E-state index contributed by atoms with van der Waals surface area (Å²) in [5.74, 6) is 1.16. The molecule has 2 aromatic rings. The minimum absolute atomic E-state index is 0.561. The summed E-state index contributed by atoms with van der Waals surface area (Å²) in [7, 11) is 0. The van der Waals surface area contributed by atoms with Gasteiger partial charge in [0.05, 0.1) is 24.1 Å². The van der Waals surface area contributed by atoms with Gasteiger partial charge in [-0.05, 0) is 12.0 Å². The monoisotopic (exact) mass is 254 g/mol. The van der Waals surface area contributed by atoms with E-state index in [1.165, 1.54) is 5.69 Å². The summed E-state index contributed by atoms with van der Waals surface area (Å²) in [5.41, 5.74) is 9.25. The van der Waals surface area contributed by atoms with Crippen molar-refractivity contribution < 1.29 is 0 Å². The molecular weight excluding hydrogens is 236 g/mol. The highest BCUT2D eigenvalue weighted by molar-refractivity contribution is 6.01. The summed E-state index contributed by atoms with van der Waals surface area (Å²) in [4.78, 5) is 11.1. The summed E-state index contributed by atoms with van der Waals surface area (Å²) in [6.45, 7) is 5.96. The van der Waals surface area contributed by atoms with Gasteiger partial charge in [0.1, 0.15) is 5.82 Å². The summed E-state index contributed by atoms with van der Waals surface area (Å²) in [6.07, 6.45) is 1.92. The van der Waals surface area contributed by atoms with E-state index in [-0.39, 0.29) is 0 Å². The van der Waals surface area contributed by atoms with E-state index in [0.29, 0.717) is 18.3 Å². The topological polar surface area (TPSA) is 54.5 Å². The highest BCUT2D eigenvalue weighted by atomic mass is 15.2. The van der Waals surface area contributed by atoms with Crippen molar-refractivity contribution in [1.29, 1.82) is 0 Å². The molecule has 98 valence electrons. The van der Waals surface area contributed by atoms with Gasteiger partial charge in [0.25, 0.3) is 0 Å². The van der Waals surface area contributed by atoms with E-state index in [4.69, 9.17) is 5.73 Å². The summed E-state index contributed by atoms with van der Waals surface area (Å²) in [5, 5.41) is 1.15. The van der Waals surface area contributed by atoms with Crippen LogP contribution in [0.25, 0.3) is 10.9 Å². The fourth-order valence-electron chi connectivity index (χ4n) is 2.56. The Labute approximate surface area is 113 Å². The molecule has 0 atom stereocenters. The predicted octanol–water partition coefficient (Wildman–Crippen LogP) is 2.82. The molecule has 0 fully saturated rings. The van der Waals surface area contributed by atoms with Crippen molar-refractivity contribution in [2.75, 3.05) is 17.2 Å². The first-order valence-corrected chi connectivity index (χ1v) is 6.60. The number of hydrogen-bond acceptors (Lipinski definition) is 4. The summed E-state index contributed by atoms with van der Waals surface area (Å²) < 4.78 is 0. The van der Waals surface area contributed by atoms with Crippen molar-refractivity contribution in [2.45, 2.75) is 20.4 Å². The van der Waals surface area contributed by atoms with Crippen molar-refractivity contribution in [3.05, 3.63) is 29.8 Å². The van der Waals surface area contributed by atoms with E-state index in [9.17, 15) is 0 Å². The molecule has 19 heavy (non-hydrogen) atoms. The van der Waals surface area contributed by atoms with Gasteiger partial charge in [-0.25, -0.2) is 4.98 Å². The average molecular weight is 254 g/mol. The smallest absolute Gasteiger partial charge is 0.131 e. The van der Waals surface area contributed by atoms with Crippen molar-refractivity contribution in [2.24, 2.45) is 10.9 Å². The third kappa shape index (κ3) is 2.03. The molecule has 1 aliphatic rings. The van der Waals surface area contributed by atoms with Gasteiger partial charge in [-0.15, -0.1) is 0 Å². The lowest BCUT2D eigenvalue weighted by Crippen LogP contribution is -2.30. The molecule has 4 heteroatoms. The first-order chi connectivity index (χ1) is 9.16. The number of fused-ring (bicyclic) bond motifs is 3. The summed E-state index contributed by atoms with van der Waals surface area (Å²) >= 11 is 0. The number of benzene rings is 1. The highest BCUT2D eigenvalue weighted by Crippen LogP contribution is 2.35. The zero-order valence-corrected chi connectivity index (χ0v) is 11.3. The molecule has 0 aliphatic carbocycles. The zero-order chi connectivity index (χ0) is 13.4. The van der Waals surface area contributed by atoms with E-state index in [0.717, 1.165) is 23.0 Å². The van der Waals surface area contributed by atoms with Crippen molar-refractivity contribution >= 4 is 28.7 Å². The van der Waals surface area contributed by atoms with Crippen LogP contribution in [-0.2, 0) is 6.54 Å². The molecule has 0 bridgehead atoms. The van der Waals surface area contributed by atoms with Crippen molar-refractivity contribution in [3.8, 4) is 0 Å². The SMILES string of the molecule is CC(C)CN1C=NCc2c(N)nc3ccccc3c21. The molecule has 1 aromatic heterocycles. The third-order valence-electron chi connectivity index (χ3n) is 3.31. The average Bonchev–Trinajstić information content (AvgIpc) is 2.38. The summed E-state index contributed by atoms with van der Waals surface area (Å²) in [6, 6.07) is 8.14. The van der Waals surface area contributed by atoms with E-state index in [2.05, 4.69) is 34.8 Å². The first-order valence-electron chi connectivity index (χ1n) is 6.60. The Morgan fingerprint density at radius 1 is 1.32 bits per heavy atom. The number of rotatable bonds is 2. The number of hydrogen-bond donors (Lipinski definition) is 1. The molecule has 2 heterocycles. The molecule has 2 N–H and O–H groups in total. The highest BCUT2D eigenvalue weighted by Gasteiger charge is 2.21. The fraction of sp³-hybridized carbons (Fsp3) is 0.333. The Bertz CT molecular complexity index is 646. The van der Waals surface area contributed by atoms with E-state index < -0.39 is 0 Å². The number of nitrogens with zero attached hydrogens (tertiary/aromatic N) is 3. The van der Waals surface area contributed by atoms with Crippen LogP contribution in [-0.4, -0.2) is 17.9 Å². The van der Waals surface area contributed by atoms with Crippen molar-refractivity contribution in [3.63, 3.8) is 0 Å². The van der Waals surface area contributed by atoms with Crippen LogP contribution in [0.4, 0.5) is 11.5 Å². The van der Waals surface area contributed by atoms with Gasteiger partial charge >= 0.3 is 0 Å². The number of pyridine rings is 1.